The molecule has 0 amide bonds. The Bertz CT molecular complexity index is 613. The highest BCUT2D eigenvalue weighted by Gasteiger charge is 2.22. The van der Waals surface area contributed by atoms with Crippen LogP contribution in [0.1, 0.15) is 42.4 Å². The molecule has 106 valence electrons. The first kappa shape index (κ1) is 12.7. The number of hydrogen-bond donors (Lipinski definition) is 2. The monoisotopic (exact) mass is 278 g/mol. The molecule has 2 heterocycles. The van der Waals surface area contributed by atoms with Gasteiger partial charge in [-0.1, -0.05) is 5.21 Å². The number of carbonyl (C=O) groups is 1. The lowest BCUT2D eigenvalue weighted by molar-refractivity contribution is 0.0654. The first-order valence-electron chi connectivity index (χ1n) is 6.38. The number of rotatable bonds is 3. The maximum Gasteiger partial charge on any atom is 0.393 e. The van der Waals surface area contributed by atoms with E-state index in [-0.39, 0.29) is 18.0 Å². The van der Waals surface area contributed by atoms with E-state index in [1.54, 1.807) is 10.9 Å². The molecule has 0 atom stereocenters. The van der Waals surface area contributed by atoms with Gasteiger partial charge in [0.25, 0.3) is 5.89 Å². The third-order valence-electron chi connectivity index (χ3n) is 3.45. The van der Waals surface area contributed by atoms with Gasteiger partial charge in [0, 0.05) is 6.04 Å². The molecule has 9 heteroatoms. The third kappa shape index (κ3) is 2.39. The highest BCUT2D eigenvalue weighted by atomic mass is 16.4. The molecule has 2 aromatic rings. The summed E-state index contributed by atoms with van der Waals surface area (Å²) in [6.45, 7) is 0. The van der Waals surface area contributed by atoms with E-state index in [0.717, 1.165) is 25.7 Å². The van der Waals surface area contributed by atoms with Crippen molar-refractivity contribution in [2.24, 2.45) is 5.73 Å². The van der Waals surface area contributed by atoms with Crippen LogP contribution >= 0.6 is 0 Å². The normalized spacial score (nSPS) is 22.9. The predicted octanol–water partition coefficient (Wildman–Crippen LogP) is 0.469. The molecule has 0 unspecified atom stereocenters. The highest BCUT2D eigenvalue weighted by Crippen LogP contribution is 2.27. The van der Waals surface area contributed by atoms with Gasteiger partial charge in [0.2, 0.25) is 0 Å². The summed E-state index contributed by atoms with van der Waals surface area (Å²) in [6.07, 6.45) is 5.52. The van der Waals surface area contributed by atoms with Crippen molar-refractivity contribution >= 4 is 5.97 Å². The fraction of sp³-hybridized carbons (Fsp3) is 0.545. The molecule has 0 radical (unpaired) electrons. The van der Waals surface area contributed by atoms with Crippen LogP contribution in [0.15, 0.2) is 10.6 Å². The summed E-state index contributed by atoms with van der Waals surface area (Å²) in [5.74, 6) is -1.67. The second kappa shape index (κ2) is 5.00. The maximum atomic E-state index is 10.7. The van der Waals surface area contributed by atoms with Crippen LogP contribution in [0, 0.1) is 0 Å². The first-order valence-corrected chi connectivity index (χ1v) is 6.38. The summed E-state index contributed by atoms with van der Waals surface area (Å²) in [5.41, 5.74) is 6.24. The van der Waals surface area contributed by atoms with Crippen molar-refractivity contribution in [1.82, 2.24) is 25.2 Å². The van der Waals surface area contributed by atoms with Crippen LogP contribution in [0.3, 0.4) is 0 Å². The summed E-state index contributed by atoms with van der Waals surface area (Å²) in [7, 11) is 0. The van der Waals surface area contributed by atoms with E-state index in [0.29, 0.717) is 5.69 Å². The quantitative estimate of drug-likeness (QED) is 0.827. The Balaban J connectivity index is 1.77. The number of hydrogen-bond acceptors (Lipinski definition) is 7. The molecule has 2 aromatic heterocycles. The minimum Gasteiger partial charge on any atom is -0.474 e. The van der Waals surface area contributed by atoms with Gasteiger partial charge in [-0.2, -0.15) is 0 Å². The SMILES string of the molecule is NC1CCC(n2cc(-c3nnc(C(=O)O)o3)nn2)CC1. The van der Waals surface area contributed by atoms with Crippen molar-refractivity contribution in [3.63, 3.8) is 0 Å². The van der Waals surface area contributed by atoms with E-state index in [1.165, 1.54) is 0 Å². The Morgan fingerprint density at radius 2 is 2.05 bits per heavy atom. The van der Waals surface area contributed by atoms with Gasteiger partial charge in [0.1, 0.15) is 0 Å². The largest absolute Gasteiger partial charge is 0.474 e. The summed E-state index contributed by atoms with van der Waals surface area (Å²) in [4.78, 5) is 10.7. The lowest BCUT2D eigenvalue weighted by atomic mass is 9.92. The predicted molar refractivity (Wildman–Crippen MR) is 65.8 cm³/mol. The number of carboxylic acid groups (broad SMARTS) is 1. The van der Waals surface area contributed by atoms with Gasteiger partial charge < -0.3 is 15.3 Å². The van der Waals surface area contributed by atoms with Crippen LogP contribution in [0.5, 0.6) is 0 Å². The Kier molecular flexibility index (Phi) is 3.18. The molecule has 0 spiro atoms. The van der Waals surface area contributed by atoms with E-state index in [2.05, 4.69) is 20.5 Å². The van der Waals surface area contributed by atoms with Gasteiger partial charge in [0.05, 0.1) is 12.2 Å². The molecule has 0 saturated heterocycles. The first-order chi connectivity index (χ1) is 9.63. The van der Waals surface area contributed by atoms with Crippen molar-refractivity contribution in [2.75, 3.05) is 0 Å². The molecular formula is C11H14N6O3. The van der Waals surface area contributed by atoms with Crippen LogP contribution in [0.4, 0.5) is 0 Å². The number of carboxylic acids is 1. The molecule has 0 aliphatic heterocycles. The van der Waals surface area contributed by atoms with Crippen LogP contribution < -0.4 is 5.73 Å². The van der Waals surface area contributed by atoms with E-state index >= 15 is 0 Å². The zero-order valence-electron chi connectivity index (χ0n) is 10.6. The second-order valence-corrected chi connectivity index (χ2v) is 4.87. The molecule has 0 aromatic carbocycles. The summed E-state index contributed by atoms with van der Waals surface area (Å²) < 4.78 is 6.75. The molecule has 1 saturated carbocycles. The van der Waals surface area contributed by atoms with E-state index in [1.807, 2.05) is 0 Å². The number of aromatic carboxylic acids is 1. The topological polar surface area (TPSA) is 133 Å². The maximum absolute atomic E-state index is 10.7. The zero-order valence-corrected chi connectivity index (χ0v) is 10.6. The van der Waals surface area contributed by atoms with Crippen LogP contribution in [-0.2, 0) is 0 Å². The van der Waals surface area contributed by atoms with Crippen LogP contribution in [0.2, 0.25) is 0 Å². The van der Waals surface area contributed by atoms with Crippen molar-refractivity contribution < 1.29 is 14.3 Å². The van der Waals surface area contributed by atoms with Gasteiger partial charge >= 0.3 is 11.9 Å². The lowest BCUT2D eigenvalue weighted by Gasteiger charge is -2.25. The second-order valence-electron chi connectivity index (χ2n) is 4.87. The lowest BCUT2D eigenvalue weighted by Crippen LogP contribution is -2.28. The fourth-order valence-electron chi connectivity index (χ4n) is 2.33. The summed E-state index contributed by atoms with van der Waals surface area (Å²) >= 11 is 0. The van der Waals surface area contributed by atoms with Crippen LogP contribution in [0.25, 0.3) is 11.6 Å². The van der Waals surface area contributed by atoms with Gasteiger partial charge in [-0.15, -0.1) is 15.3 Å². The van der Waals surface area contributed by atoms with E-state index in [4.69, 9.17) is 15.3 Å². The van der Waals surface area contributed by atoms with E-state index in [9.17, 15) is 4.79 Å². The molecule has 1 aliphatic rings. The molecule has 1 aliphatic carbocycles. The third-order valence-corrected chi connectivity index (χ3v) is 3.45. The Morgan fingerprint density at radius 1 is 1.30 bits per heavy atom. The molecule has 9 nitrogen and oxygen atoms in total. The standard InChI is InChI=1S/C11H14N6O3/c12-6-1-3-7(4-2-6)17-5-8(13-16-17)9-14-15-10(20-9)11(18)19/h5-7H,1-4,12H2,(H,18,19). The van der Waals surface area contributed by atoms with Crippen LogP contribution in [-0.4, -0.2) is 42.3 Å². The smallest absolute Gasteiger partial charge is 0.393 e. The minimum absolute atomic E-state index is 0.0566. The van der Waals surface area contributed by atoms with Crippen molar-refractivity contribution in [2.45, 2.75) is 37.8 Å². The molecule has 3 N–H and O–H groups in total. The average Bonchev–Trinajstić information content (AvgIpc) is 3.08. The number of nitrogens with two attached hydrogens (primary N) is 1. The van der Waals surface area contributed by atoms with E-state index < -0.39 is 11.9 Å². The molecule has 1 fully saturated rings. The Morgan fingerprint density at radius 3 is 2.70 bits per heavy atom. The highest BCUT2D eigenvalue weighted by molar-refractivity contribution is 5.82. The van der Waals surface area contributed by atoms with Gasteiger partial charge in [-0.05, 0) is 25.7 Å². The molecular weight excluding hydrogens is 264 g/mol. The molecule has 0 bridgehead atoms. The number of aromatic nitrogens is 5. The van der Waals surface area contributed by atoms with Gasteiger partial charge in [0.15, 0.2) is 5.69 Å². The summed E-state index contributed by atoms with van der Waals surface area (Å²) in [6, 6.07) is 0.529. The summed E-state index contributed by atoms with van der Waals surface area (Å²) in [5, 5.41) is 23.8. The molecule has 20 heavy (non-hydrogen) atoms. The van der Waals surface area contributed by atoms with Gasteiger partial charge in [-0.3, -0.25) is 0 Å². The van der Waals surface area contributed by atoms with Crippen molar-refractivity contribution in [3.05, 3.63) is 12.1 Å². The zero-order chi connectivity index (χ0) is 14.1. The molecule has 3 rings (SSSR count). The Labute approximate surface area is 113 Å². The fourth-order valence-corrected chi connectivity index (χ4v) is 2.33. The van der Waals surface area contributed by atoms with Gasteiger partial charge in [-0.25, -0.2) is 9.48 Å². The Hall–Kier alpha value is -2.29. The average molecular weight is 278 g/mol. The van der Waals surface area contributed by atoms with Crippen molar-refractivity contribution in [1.29, 1.82) is 0 Å². The minimum atomic E-state index is -1.27. The van der Waals surface area contributed by atoms with Crippen molar-refractivity contribution in [3.8, 4) is 11.6 Å². The number of nitrogens with zero attached hydrogens (tertiary/aromatic N) is 5.